The summed E-state index contributed by atoms with van der Waals surface area (Å²) in [6.45, 7) is 6.00. The Bertz CT molecular complexity index is 610. The zero-order valence-electron chi connectivity index (χ0n) is 17.1. The number of rotatable bonds is 6. The van der Waals surface area contributed by atoms with E-state index < -0.39 is 0 Å². The summed E-state index contributed by atoms with van der Waals surface area (Å²) in [7, 11) is 3.55. The fraction of sp³-hybridized carbons (Fsp3) is 0.619. The number of halogens is 1. The highest BCUT2D eigenvalue weighted by molar-refractivity contribution is 14.0. The number of nitrogens with zero attached hydrogens (tertiary/aromatic N) is 2. The van der Waals surface area contributed by atoms with Crippen LogP contribution in [0, 0.1) is 5.92 Å². The fourth-order valence-electron chi connectivity index (χ4n) is 3.33. The third kappa shape index (κ3) is 8.07. The highest BCUT2D eigenvalue weighted by atomic mass is 127. The Labute approximate surface area is 181 Å². The first-order valence-corrected chi connectivity index (χ1v) is 9.85. The highest BCUT2D eigenvalue weighted by Gasteiger charge is 2.18. The van der Waals surface area contributed by atoms with Gasteiger partial charge in [-0.3, -0.25) is 9.79 Å². The van der Waals surface area contributed by atoms with E-state index in [4.69, 9.17) is 4.99 Å². The molecule has 0 atom stereocenters. The lowest BCUT2D eigenvalue weighted by Crippen LogP contribution is -2.44. The molecule has 0 radical (unpaired) electrons. The molecule has 2 rings (SSSR count). The van der Waals surface area contributed by atoms with Gasteiger partial charge in [0.1, 0.15) is 0 Å². The number of hydrogen-bond donors (Lipinski definition) is 2. The third-order valence-corrected chi connectivity index (χ3v) is 4.95. The predicted octanol–water partition coefficient (Wildman–Crippen LogP) is 3.68. The molecule has 1 aliphatic carbocycles. The largest absolute Gasteiger partial charge is 0.357 e. The lowest BCUT2D eigenvalue weighted by Gasteiger charge is -2.28. The van der Waals surface area contributed by atoms with Crippen LogP contribution in [0.25, 0.3) is 0 Å². The van der Waals surface area contributed by atoms with Crippen LogP contribution in [0.4, 0.5) is 0 Å². The van der Waals surface area contributed by atoms with E-state index in [-0.39, 0.29) is 29.9 Å². The Hall–Kier alpha value is -1.31. The van der Waals surface area contributed by atoms with Crippen LogP contribution in [-0.2, 0) is 6.42 Å². The van der Waals surface area contributed by atoms with E-state index >= 15 is 0 Å². The second-order valence-electron chi connectivity index (χ2n) is 7.51. The van der Waals surface area contributed by atoms with Gasteiger partial charge in [-0.1, -0.05) is 19.1 Å². The van der Waals surface area contributed by atoms with Gasteiger partial charge in [-0.25, -0.2) is 0 Å². The molecule has 0 unspecified atom stereocenters. The summed E-state index contributed by atoms with van der Waals surface area (Å²) >= 11 is 0. The predicted molar refractivity (Wildman–Crippen MR) is 124 cm³/mol. The number of carbonyl (C=O) groups is 1. The number of amides is 1. The highest BCUT2D eigenvalue weighted by Crippen LogP contribution is 2.23. The molecule has 2 N–H and O–H groups in total. The summed E-state index contributed by atoms with van der Waals surface area (Å²) in [4.78, 5) is 18.4. The fourth-order valence-corrected chi connectivity index (χ4v) is 3.33. The molecule has 152 valence electrons. The van der Waals surface area contributed by atoms with Crippen molar-refractivity contribution in [2.24, 2.45) is 10.9 Å². The normalized spacial score (nSPS) is 19.8. The summed E-state index contributed by atoms with van der Waals surface area (Å²) in [5.41, 5.74) is 1.88. The maximum absolute atomic E-state index is 12.1. The van der Waals surface area contributed by atoms with Crippen molar-refractivity contribution in [3.8, 4) is 0 Å². The average Bonchev–Trinajstić information content (AvgIpc) is 2.63. The zero-order valence-corrected chi connectivity index (χ0v) is 19.5. The molecule has 0 spiro atoms. The molecule has 1 aromatic rings. The van der Waals surface area contributed by atoms with Gasteiger partial charge in [0.05, 0.1) is 0 Å². The maximum atomic E-state index is 12.1. The maximum Gasteiger partial charge on any atom is 0.253 e. The Morgan fingerprint density at radius 1 is 1.22 bits per heavy atom. The average molecular weight is 486 g/mol. The molecule has 5 nitrogen and oxygen atoms in total. The minimum Gasteiger partial charge on any atom is -0.357 e. The number of nitrogens with one attached hydrogen (secondary N) is 2. The first-order chi connectivity index (χ1) is 12.5. The molecule has 0 aliphatic heterocycles. The van der Waals surface area contributed by atoms with Gasteiger partial charge in [-0.2, -0.15) is 0 Å². The molecule has 0 saturated heterocycles. The minimum atomic E-state index is 0. The first kappa shape index (κ1) is 23.7. The molecule has 27 heavy (non-hydrogen) atoms. The van der Waals surface area contributed by atoms with Crippen LogP contribution < -0.4 is 10.6 Å². The molecule has 1 aromatic carbocycles. The van der Waals surface area contributed by atoms with Crippen molar-refractivity contribution in [2.75, 3.05) is 27.2 Å². The van der Waals surface area contributed by atoms with E-state index in [1.54, 1.807) is 19.0 Å². The van der Waals surface area contributed by atoms with Crippen molar-refractivity contribution >= 4 is 35.8 Å². The molecule has 1 saturated carbocycles. The van der Waals surface area contributed by atoms with Crippen molar-refractivity contribution < 1.29 is 4.79 Å². The van der Waals surface area contributed by atoms with E-state index in [0.717, 1.165) is 36.0 Å². The first-order valence-electron chi connectivity index (χ1n) is 9.85. The summed E-state index contributed by atoms with van der Waals surface area (Å²) in [6.07, 6.45) is 5.86. The zero-order chi connectivity index (χ0) is 18.9. The summed E-state index contributed by atoms with van der Waals surface area (Å²) in [5.74, 6) is 1.80. The van der Waals surface area contributed by atoms with Crippen LogP contribution in [0.3, 0.4) is 0 Å². The van der Waals surface area contributed by atoms with Crippen molar-refractivity contribution in [1.29, 1.82) is 0 Å². The van der Waals surface area contributed by atoms with Gasteiger partial charge in [-0.15, -0.1) is 24.0 Å². The third-order valence-electron chi connectivity index (χ3n) is 4.95. The molecule has 0 bridgehead atoms. The van der Waals surface area contributed by atoms with Gasteiger partial charge in [0, 0.05) is 38.8 Å². The summed E-state index contributed by atoms with van der Waals surface area (Å²) in [6, 6.07) is 8.38. The van der Waals surface area contributed by atoms with Gasteiger partial charge < -0.3 is 15.5 Å². The van der Waals surface area contributed by atoms with Crippen LogP contribution in [0.1, 0.15) is 55.5 Å². The van der Waals surface area contributed by atoms with Gasteiger partial charge in [-0.05, 0) is 62.6 Å². The lowest BCUT2D eigenvalue weighted by molar-refractivity contribution is 0.0827. The van der Waals surface area contributed by atoms with Crippen LogP contribution in [0.15, 0.2) is 29.3 Å². The number of benzene rings is 1. The van der Waals surface area contributed by atoms with Crippen LogP contribution in [0.5, 0.6) is 0 Å². The topological polar surface area (TPSA) is 56.7 Å². The monoisotopic (exact) mass is 486 g/mol. The Balaban J connectivity index is 0.00000364. The molecule has 1 aliphatic rings. The molecular weight excluding hydrogens is 451 g/mol. The number of hydrogen-bond acceptors (Lipinski definition) is 2. The molecule has 0 heterocycles. The summed E-state index contributed by atoms with van der Waals surface area (Å²) in [5, 5.41) is 6.94. The van der Waals surface area contributed by atoms with E-state index in [9.17, 15) is 4.79 Å². The Kier molecular flexibility index (Phi) is 10.7. The molecule has 6 heteroatoms. The summed E-state index contributed by atoms with van der Waals surface area (Å²) < 4.78 is 0. The van der Waals surface area contributed by atoms with Crippen molar-refractivity contribution in [2.45, 2.75) is 52.0 Å². The van der Waals surface area contributed by atoms with Gasteiger partial charge >= 0.3 is 0 Å². The van der Waals surface area contributed by atoms with Crippen LogP contribution in [0.2, 0.25) is 0 Å². The molecule has 1 amide bonds. The van der Waals surface area contributed by atoms with Gasteiger partial charge in [0.15, 0.2) is 5.96 Å². The van der Waals surface area contributed by atoms with Gasteiger partial charge in [0.25, 0.3) is 5.91 Å². The van der Waals surface area contributed by atoms with E-state index in [1.807, 2.05) is 18.2 Å². The molecule has 0 aromatic heterocycles. The number of aliphatic imine (C=N–C) groups is 1. The van der Waals surface area contributed by atoms with E-state index in [2.05, 4.69) is 30.5 Å². The molecular formula is C21H35IN4O. The Morgan fingerprint density at radius 2 is 1.93 bits per heavy atom. The second-order valence-corrected chi connectivity index (χ2v) is 7.51. The van der Waals surface area contributed by atoms with Crippen LogP contribution >= 0.6 is 24.0 Å². The van der Waals surface area contributed by atoms with Crippen LogP contribution in [-0.4, -0.2) is 50.0 Å². The standard InChI is InChI=1S/C21H34N4O.HI/c1-5-22-21(24-19-11-9-16(2)10-12-19)23-14-13-17-7-6-8-18(15-17)20(26)25(3)4;/h6-8,15-16,19H,5,9-14H2,1-4H3,(H2,22,23,24);1H. The lowest BCUT2D eigenvalue weighted by atomic mass is 9.87. The number of carbonyl (C=O) groups excluding carboxylic acids is 1. The van der Waals surface area contributed by atoms with E-state index in [1.165, 1.54) is 25.7 Å². The smallest absolute Gasteiger partial charge is 0.253 e. The van der Waals surface area contributed by atoms with E-state index in [0.29, 0.717) is 12.6 Å². The van der Waals surface area contributed by atoms with Crippen molar-refractivity contribution in [3.63, 3.8) is 0 Å². The second kappa shape index (κ2) is 12.2. The number of guanidine groups is 1. The minimum absolute atomic E-state index is 0. The quantitative estimate of drug-likeness (QED) is 0.367. The molecule has 1 fully saturated rings. The van der Waals surface area contributed by atoms with Crippen molar-refractivity contribution in [1.82, 2.24) is 15.5 Å². The Morgan fingerprint density at radius 3 is 2.56 bits per heavy atom. The SMILES string of the molecule is CCNC(=NCCc1cccc(C(=O)N(C)C)c1)NC1CCC(C)CC1.I. The van der Waals surface area contributed by atoms with Crippen molar-refractivity contribution in [3.05, 3.63) is 35.4 Å². The van der Waals surface area contributed by atoms with Gasteiger partial charge in [0.2, 0.25) is 0 Å².